The molecule has 0 saturated carbocycles. The molecule has 0 saturated heterocycles. The van der Waals surface area contributed by atoms with Crippen molar-refractivity contribution in [2.75, 3.05) is 0 Å². The van der Waals surface area contributed by atoms with E-state index in [1.54, 1.807) is 12.1 Å². The number of rotatable bonds is 5. The van der Waals surface area contributed by atoms with Gasteiger partial charge in [-0.25, -0.2) is 0 Å². The Labute approximate surface area is 95.1 Å². The summed E-state index contributed by atoms with van der Waals surface area (Å²) in [5, 5.41) is 20.1. The highest BCUT2D eigenvalue weighted by molar-refractivity contribution is 5.32. The second-order valence-electron chi connectivity index (χ2n) is 4.27. The van der Waals surface area contributed by atoms with Crippen molar-refractivity contribution in [3.8, 4) is 0 Å². The summed E-state index contributed by atoms with van der Waals surface area (Å²) in [6.07, 6.45) is 1.13. The molecule has 1 N–H and O–H groups in total. The zero-order valence-electron chi connectivity index (χ0n) is 9.59. The first-order valence-electron chi connectivity index (χ1n) is 5.42. The number of benzene rings is 1. The molecule has 1 aromatic rings. The fourth-order valence-electron chi connectivity index (χ4n) is 1.43. The molecule has 0 spiro atoms. The fourth-order valence-corrected chi connectivity index (χ4v) is 1.43. The SMILES string of the molecule is CC(C)C(O)CCc1ccc([N+](=O)[O-])cc1. The molecule has 1 unspecified atom stereocenters. The number of nitrogens with zero attached hydrogens (tertiary/aromatic N) is 1. The van der Waals surface area contributed by atoms with Crippen LogP contribution in [0.15, 0.2) is 24.3 Å². The molecule has 16 heavy (non-hydrogen) atoms. The van der Waals surface area contributed by atoms with Gasteiger partial charge in [-0.3, -0.25) is 10.1 Å². The number of non-ortho nitro benzene ring substituents is 1. The van der Waals surface area contributed by atoms with E-state index in [1.807, 2.05) is 13.8 Å². The lowest BCUT2D eigenvalue weighted by atomic mass is 9.99. The van der Waals surface area contributed by atoms with Crippen LogP contribution in [0, 0.1) is 16.0 Å². The largest absolute Gasteiger partial charge is 0.393 e. The summed E-state index contributed by atoms with van der Waals surface area (Å²) < 4.78 is 0. The molecule has 0 fully saturated rings. The Morgan fingerprint density at radius 3 is 2.31 bits per heavy atom. The van der Waals surface area contributed by atoms with Gasteiger partial charge in [0, 0.05) is 12.1 Å². The lowest BCUT2D eigenvalue weighted by molar-refractivity contribution is -0.384. The normalized spacial score (nSPS) is 12.8. The maximum absolute atomic E-state index is 10.4. The number of hydrogen-bond donors (Lipinski definition) is 1. The Balaban J connectivity index is 2.53. The van der Waals surface area contributed by atoms with Crippen LogP contribution in [0.2, 0.25) is 0 Å². The van der Waals surface area contributed by atoms with Crippen molar-refractivity contribution in [3.63, 3.8) is 0 Å². The summed E-state index contributed by atoms with van der Waals surface area (Å²) in [5.41, 5.74) is 1.12. The van der Waals surface area contributed by atoms with Crippen molar-refractivity contribution in [3.05, 3.63) is 39.9 Å². The second-order valence-corrected chi connectivity index (χ2v) is 4.27. The van der Waals surface area contributed by atoms with Crippen LogP contribution >= 0.6 is 0 Å². The molecular formula is C12H17NO3. The minimum Gasteiger partial charge on any atom is -0.393 e. The lowest BCUT2D eigenvalue weighted by Crippen LogP contribution is -2.15. The molecule has 1 rings (SSSR count). The molecule has 4 heteroatoms. The van der Waals surface area contributed by atoms with Gasteiger partial charge in [0.05, 0.1) is 11.0 Å². The number of hydrogen-bond acceptors (Lipinski definition) is 3. The third kappa shape index (κ3) is 3.62. The Morgan fingerprint density at radius 1 is 1.31 bits per heavy atom. The van der Waals surface area contributed by atoms with Crippen LogP contribution in [0.4, 0.5) is 5.69 Å². The first-order valence-corrected chi connectivity index (χ1v) is 5.42. The third-order valence-corrected chi connectivity index (χ3v) is 2.65. The van der Waals surface area contributed by atoms with Crippen molar-refractivity contribution < 1.29 is 10.0 Å². The molecule has 0 bridgehead atoms. The Hall–Kier alpha value is -1.42. The minimum atomic E-state index is -0.410. The smallest absolute Gasteiger partial charge is 0.269 e. The molecule has 0 aliphatic carbocycles. The second kappa shape index (κ2) is 5.61. The van der Waals surface area contributed by atoms with E-state index in [-0.39, 0.29) is 17.7 Å². The maximum Gasteiger partial charge on any atom is 0.269 e. The number of aliphatic hydroxyl groups is 1. The quantitative estimate of drug-likeness (QED) is 0.616. The van der Waals surface area contributed by atoms with Crippen molar-refractivity contribution in [1.82, 2.24) is 0 Å². The minimum absolute atomic E-state index is 0.105. The van der Waals surface area contributed by atoms with Gasteiger partial charge in [0.1, 0.15) is 0 Å². The van der Waals surface area contributed by atoms with Gasteiger partial charge in [0.25, 0.3) is 5.69 Å². The average Bonchev–Trinajstić information content (AvgIpc) is 2.26. The Bertz CT molecular complexity index is 346. The molecule has 0 amide bonds. The molecule has 4 nitrogen and oxygen atoms in total. The van der Waals surface area contributed by atoms with E-state index in [1.165, 1.54) is 12.1 Å². The average molecular weight is 223 g/mol. The molecule has 1 atom stereocenters. The highest BCUT2D eigenvalue weighted by Gasteiger charge is 2.09. The van der Waals surface area contributed by atoms with E-state index in [0.29, 0.717) is 6.42 Å². The molecular weight excluding hydrogens is 206 g/mol. The van der Waals surface area contributed by atoms with Crippen LogP contribution < -0.4 is 0 Å². The number of nitro benzene ring substituents is 1. The van der Waals surface area contributed by atoms with Crippen LogP contribution in [0.1, 0.15) is 25.8 Å². The van der Waals surface area contributed by atoms with Crippen LogP contribution in [0.5, 0.6) is 0 Å². The van der Waals surface area contributed by atoms with Gasteiger partial charge in [0.2, 0.25) is 0 Å². The van der Waals surface area contributed by atoms with Crippen molar-refractivity contribution >= 4 is 5.69 Å². The van der Waals surface area contributed by atoms with E-state index in [9.17, 15) is 15.2 Å². The zero-order chi connectivity index (χ0) is 12.1. The predicted molar refractivity (Wildman–Crippen MR) is 62.3 cm³/mol. The number of aryl methyl sites for hydroxylation is 1. The van der Waals surface area contributed by atoms with E-state index < -0.39 is 4.92 Å². The van der Waals surface area contributed by atoms with Crippen molar-refractivity contribution in [1.29, 1.82) is 0 Å². The standard InChI is InChI=1S/C12H17NO3/c1-9(2)12(14)8-5-10-3-6-11(7-4-10)13(15)16/h3-4,6-7,9,12,14H,5,8H2,1-2H3. The summed E-state index contributed by atoms with van der Waals surface area (Å²) in [6.45, 7) is 3.95. The molecule has 0 radical (unpaired) electrons. The first kappa shape index (κ1) is 12.6. The maximum atomic E-state index is 10.4. The van der Waals surface area contributed by atoms with E-state index in [4.69, 9.17) is 0 Å². The van der Waals surface area contributed by atoms with Gasteiger partial charge < -0.3 is 5.11 Å². The van der Waals surface area contributed by atoms with Crippen LogP contribution in [-0.4, -0.2) is 16.1 Å². The van der Waals surface area contributed by atoms with Gasteiger partial charge in [0.15, 0.2) is 0 Å². The zero-order valence-corrected chi connectivity index (χ0v) is 9.59. The van der Waals surface area contributed by atoms with Gasteiger partial charge in [-0.2, -0.15) is 0 Å². The van der Waals surface area contributed by atoms with Gasteiger partial charge in [-0.05, 0) is 24.3 Å². The Kier molecular flexibility index (Phi) is 4.43. The summed E-state index contributed by atoms with van der Waals surface area (Å²) in [6, 6.07) is 6.48. The number of aliphatic hydroxyl groups excluding tert-OH is 1. The van der Waals surface area contributed by atoms with Crippen LogP contribution in [0.25, 0.3) is 0 Å². The highest BCUT2D eigenvalue weighted by atomic mass is 16.6. The topological polar surface area (TPSA) is 63.4 Å². The predicted octanol–water partition coefficient (Wildman–Crippen LogP) is 2.54. The Morgan fingerprint density at radius 2 is 1.88 bits per heavy atom. The summed E-state index contributed by atoms with van der Waals surface area (Å²) in [4.78, 5) is 10.0. The molecule has 1 aromatic carbocycles. The molecule has 0 aromatic heterocycles. The monoisotopic (exact) mass is 223 g/mol. The van der Waals surface area contributed by atoms with E-state index >= 15 is 0 Å². The highest BCUT2D eigenvalue weighted by Crippen LogP contribution is 2.15. The molecule has 0 heterocycles. The number of nitro groups is 1. The molecule has 0 aliphatic heterocycles. The van der Waals surface area contributed by atoms with E-state index in [0.717, 1.165) is 12.0 Å². The summed E-state index contributed by atoms with van der Waals surface area (Å²) in [7, 11) is 0. The van der Waals surface area contributed by atoms with Crippen LogP contribution in [-0.2, 0) is 6.42 Å². The fraction of sp³-hybridized carbons (Fsp3) is 0.500. The van der Waals surface area contributed by atoms with Gasteiger partial charge >= 0.3 is 0 Å². The van der Waals surface area contributed by atoms with E-state index in [2.05, 4.69) is 0 Å². The van der Waals surface area contributed by atoms with Crippen molar-refractivity contribution in [2.45, 2.75) is 32.8 Å². The summed E-state index contributed by atoms with van der Waals surface area (Å²) >= 11 is 0. The van der Waals surface area contributed by atoms with Crippen molar-refractivity contribution in [2.24, 2.45) is 5.92 Å². The van der Waals surface area contributed by atoms with Gasteiger partial charge in [-0.1, -0.05) is 26.0 Å². The lowest BCUT2D eigenvalue weighted by Gasteiger charge is -2.13. The first-order chi connectivity index (χ1) is 7.50. The van der Waals surface area contributed by atoms with Gasteiger partial charge in [-0.15, -0.1) is 0 Å². The molecule has 88 valence electrons. The third-order valence-electron chi connectivity index (χ3n) is 2.65. The molecule has 0 aliphatic rings. The summed E-state index contributed by atoms with van der Waals surface area (Å²) in [5.74, 6) is 0.248. The van der Waals surface area contributed by atoms with Crippen LogP contribution in [0.3, 0.4) is 0 Å².